The number of nitrogens with one attached hydrogen (secondary N) is 1. The number of nitrogens with zero attached hydrogens (tertiary/aromatic N) is 3. The molecule has 2 aromatic heterocycles. The molecule has 27 heavy (non-hydrogen) atoms. The number of furan rings is 1. The number of aromatic nitrogens is 2. The summed E-state index contributed by atoms with van der Waals surface area (Å²) in [6.07, 6.45) is 1.45. The maximum atomic E-state index is 13.1. The quantitative estimate of drug-likeness (QED) is 0.741. The van der Waals surface area contributed by atoms with E-state index in [1.807, 2.05) is 13.0 Å². The van der Waals surface area contributed by atoms with Gasteiger partial charge < -0.3 is 19.4 Å². The molecule has 0 spiro atoms. The van der Waals surface area contributed by atoms with E-state index in [0.717, 1.165) is 5.56 Å². The van der Waals surface area contributed by atoms with Crippen LogP contribution < -0.4 is 10.2 Å². The zero-order valence-corrected chi connectivity index (χ0v) is 15.8. The number of benzene rings is 1. The van der Waals surface area contributed by atoms with Gasteiger partial charge in [0.25, 0.3) is 5.91 Å². The Kier molecular flexibility index (Phi) is 4.72. The Balaban J connectivity index is 1.76. The average molecular weight is 387 g/mol. The Morgan fingerprint density at radius 2 is 2.00 bits per heavy atom. The second-order valence-corrected chi connectivity index (χ2v) is 6.85. The van der Waals surface area contributed by atoms with Crippen LogP contribution in [0.3, 0.4) is 0 Å². The maximum absolute atomic E-state index is 13.1. The van der Waals surface area contributed by atoms with Crippen LogP contribution in [0.5, 0.6) is 0 Å². The SMILES string of the molecule is Cc1ccc(NC(=O)c2c(C)oc3ncnc(N4CCOCC4)c23)c(Cl)c1. The number of halogens is 1. The molecule has 1 saturated heterocycles. The van der Waals surface area contributed by atoms with Gasteiger partial charge in [0.15, 0.2) is 0 Å². The standard InChI is InChI=1S/C19H19ClN4O3/c1-11-3-4-14(13(20)9-11)23-18(25)15-12(2)27-19-16(15)17(21-10-22-19)24-5-7-26-8-6-24/h3-4,9-10H,5-8H2,1-2H3,(H,23,25). The molecule has 1 N–H and O–H groups in total. The molecule has 7 nitrogen and oxygen atoms in total. The number of carbonyl (C=O) groups excluding carboxylic acids is 1. The van der Waals surface area contributed by atoms with Crippen LogP contribution in [0.15, 0.2) is 28.9 Å². The Morgan fingerprint density at radius 1 is 1.22 bits per heavy atom. The first kappa shape index (κ1) is 17.8. The second kappa shape index (κ2) is 7.17. The van der Waals surface area contributed by atoms with Crippen molar-refractivity contribution in [3.05, 3.63) is 46.4 Å². The van der Waals surface area contributed by atoms with E-state index in [0.29, 0.717) is 65.3 Å². The number of anilines is 2. The van der Waals surface area contributed by atoms with Crippen LogP contribution in [0, 0.1) is 13.8 Å². The fourth-order valence-electron chi connectivity index (χ4n) is 3.22. The van der Waals surface area contributed by atoms with Gasteiger partial charge >= 0.3 is 0 Å². The molecule has 0 saturated carbocycles. The number of hydrogen-bond acceptors (Lipinski definition) is 6. The van der Waals surface area contributed by atoms with Crippen molar-refractivity contribution in [3.8, 4) is 0 Å². The van der Waals surface area contributed by atoms with E-state index in [2.05, 4.69) is 20.2 Å². The molecule has 1 fully saturated rings. The van der Waals surface area contributed by atoms with E-state index >= 15 is 0 Å². The first-order chi connectivity index (χ1) is 13.0. The molecule has 1 amide bonds. The largest absolute Gasteiger partial charge is 0.442 e. The van der Waals surface area contributed by atoms with E-state index in [-0.39, 0.29) is 5.91 Å². The first-order valence-electron chi connectivity index (χ1n) is 8.69. The molecule has 0 atom stereocenters. The van der Waals surface area contributed by atoms with Gasteiger partial charge in [0.1, 0.15) is 17.9 Å². The highest BCUT2D eigenvalue weighted by atomic mass is 35.5. The van der Waals surface area contributed by atoms with E-state index in [4.69, 9.17) is 20.8 Å². The normalized spacial score (nSPS) is 14.6. The molecular formula is C19H19ClN4O3. The molecule has 1 aromatic carbocycles. The van der Waals surface area contributed by atoms with Gasteiger partial charge in [0.05, 0.1) is 34.9 Å². The lowest BCUT2D eigenvalue weighted by molar-refractivity contribution is 0.102. The smallest absolute Gasteiger partial charge is 0.260 e. The summed E-state index contributed by atoms with van der Waals surface area (Å²) in [7, 11) is 0. The zero-order chi connectivity index (χ0) is 19.0. The summed E-state index contributed by atoms with van der Waals surface area (Å²) in [6.45, 7) is 6.31. The van der Waals surface area contributed by atoms with Crippen molar-refractivity contribution >= 4 is 40.1 Å². The third-order valence-electron chi connectivity index (χ3n) is 4.55. The predicted molar refractivity (Wildman–Crippen MR) is 104 cm³/mol. The van der Waals surface area contributed by atoms with Crippen LogP contribution in [-0.2, 0) is 4.74 Å². The molecule has 0 unspecified atom stereocenters. The molecule has 0 radical (unpaired) electrons. The third kappa shape index (κ3) is 3.36. The summed E-state index contributed by atoms with van der Waals surface area (Å²) in [4.78, 5) is 23.7. The van der Waals surface area contributed by atoms with Gasteiger partial charge in [0, 0.05) is 13.1 Å². The van der Waals surface area contributed by atoms with Crippen molar-refractivity contribution in [2.75, 3.05) is 36.5 Å². The van der Waals surface area contributed by atoms with Gasteiger partial charge in [-0.3, -0.25) is 4.79 Å². The lowest BCUT2D eigenvalue weighted by atomic mass is 10.1. The first-order valence-corrected chi connectivity index (χ1v) is 9.06. The van der Waals surface area contributed by atoms with Crippen LogP contribution in [0.25, 0.3) is 11.1 Å². The van der Waals surface area contributed by atoms with E-state index in [1.54, 1.807) is 19.1 Å². The summed E-state index contributed by atoms with van der Waals surface area (Å²) >= 11 is 6.26. The van der Waals surface area contributed by atoms with Crippen molar-refractivity contribution in [1.82, 2.24) is 9.97 Å². The van der Waals surface area contributed by atoms with Crippen molar-refractivity contribution in [3.63, 3.8) is 0 Å². The summed E-state index contributed by atoms with van der Waals surface area (Å²) in [6, 6.07) is 5.48. The topological polar surface area (TPSA) is 80.5 Å². The fourth-order valence-corrected chi connectivity index (χ4v) is 3.51. The number of amides is 1. The highest BCUT2D eigenvalue weighted by molar-refractivity contribution is 6.34. The molecule has 0 bridgehead atoms. The van der Waals surface area contributed by atoms with Crippen LogP contribution in [0.2, 0.25) is 5.02 Å². The van der Waals surface area contributed by atoms with Gasteiger partial charge in [-0.05, 0) is 31.5 Å². The summed E-state index contributed by atoms with van der Waals surface area (Å²) in [5.74, 6) is 0.863. The van der Waals surface area contributed by atoms with E-state index < -0.39 is 0 Å². The lowest BCUT2D eigenvalue weighted by Gasteiger charge is -2.28. The molecule has 1 aliphatic heterocycles. The van der Waals surface area contributed by atoms with Crippen molar-refractivity contribution in [2.45, 2.75) is 13.8 Å². The summed E-state index contributed by atoms with van der Waals surface area (Å²) < 4.78 is 11.2. The lowest BCUT2D eigenvalue weighted by Crippen LogP contribution is -2.37. The Bertz CT molecular complexity index is 1010. The average Bonchev–Trinajstić information content (AvgIpc) is 3.00. The summed E-state index contributed by atoms with van der Waals surface area (Å²) in [5.41, 5.74) is 2.38. The van der Waals surface area contributed by atoms with Crippen LogP contribution >= 0.6 is 11.6 Å². The van der Waals surface area contributed by atoms with Crippen LogP contribution in [0.1, 0.15) is 21.7 Å². The number of ether oxygens (including phenoxy) is 1. The zero-order valence-electron chi connectivity index (χ0n) is 15.1. The van der Waals surface area contributed by atoms with E-state index in [1.165, 1.54) is 6.33 Å². The van der Waals surface area contributed by atoms with Crippen molar-refractivity contribution in [2.24, 2.45) is 0 Å². The Labute approximate surface area is 161 Å². The fraction of sp³-hybridized carbons (Fsp3) is 0.316. The summed E-state index contributed by atoms with van der Waals surface area (Å²) in [5, 5.41) is 3.97. The molecular weight excluding hydrogens is 368 g/mol. The van der Waals surface area contributed by atoms with Gasteiger partial charge in [-0.25, -0.2) is 9.97 Å². The number of rotatable bonds is 3. The predicted octanol–water partition coefficient (Wildman–Crippen LogP) is 3.58. The van der Waals surface area contributed by atoms with Crippen LogP contribution in [-0.4, -0.2) is 42.2 Å². The number of hydrogen-bond donors (Lipinski definition) is 1. The molecule has 4 rings (SSSR count). The van der Waals surface area contributed by atoms with Gasteiger partial charge in [-0.2, -0.15) is 0 Å². The van der Waals surface area contributed by atoms with Gasteiger partial charge in [0.2, 0.25) is 5.71 Å². The van der Waals surface area contributed by atoms with E-state index in [9.17, 15) is 4.79 Å². The Hall–Kier alpha value is -2.64. The monoisotopic (exact) mass is 386 g/mol. The molecule has 1 aliphatic rings. The second-order valence-electron chi connectivity index (χ2n) is 6.45. The van der Waals surface area contributed by atoms with Crippen molar-refractivity contribution in [1.29, 1.82) is 0 Å². The molecule has 3 heterocycles. The maximum Gasteiger partial charge on any atom is 0.260 e. The minimum atomic E-state index is -0.304. The third-order valence-corrected chi connectivity index (χ3v) is 4.87. The molecule has 0 aliphatic carbocycles. The number of morpholine rings is 1. The molecule has 3 aromatic rings. The number of fused-ring (bicyclic) bond motifs is 1. The van der Waals surface area contributed by atoms with Crippen LogP contribution in [0.4, 0.5) is 11.5 Å². The molecule has 8 heteroatoms. The minimum absolute atomic E-state index is 0.304. The Morgan fingerprint density at radius 3 is 2.74 bits per heavy atom. The highest BCUT2D eigenvalue weighted by Crippen LogP contribution is 2.33. The number of aryl methyl sites for hydroxylation is 2. The number of carbonyl (C=O) groups is 1. The van der Waals surface area contributed by atoms with Gasteiger partial charge in [-0.15, -0.1) is 0 Å². The van der Waals surface area contributed by atoms with Crippen molar-refractivity contribution < 1.29 is 13.9 Å². The van der Waals surface area contributed by atoms with Gasteiger partial charge in [-0.1, -0.05) is 17.7 Å². The molecule has 140 valence electrons. The highest BCUT2D eigenvalue weighted by Gasteiger charge is 2.26. The minimum Gasteiger partial charge on any atom is -0.442 e.